The van der Waals surface area contributed by atoms with E-state index >= 15 is 0 Å². The first-order valence-electron chi connectivity index (χ1n) is 4.95. The van der Waals surface area contributed by atoms with Crippen molar-refractivity contribution in [2.45, 2.75) is 16.7 Å². The maximum absolute atomic E-state index is 13.1. The number of sulfone groups is 1. The fourth-order valence-electron chi connectivity index (χ4n) is 2.26. The molecule has 0 radical (unpaired) electrons. The number of nitrogens with two attached hydrogens (primary N) is 1. The van der Waals surface area contributed by atoms with Crippen LogP contribution in [0.1, 0.15) is 11.5 Å². The van der Waals surface area contributed by atoms with E-state index in [0.29, 0.717) is 5.56 Å². The van der Waals surface area contributed by atoms with E-state index in [4.69, 9.17) is 11.0 Å². The number of hydrogen-bond donors (Lipinski definition) is 1. The molecule has 1 aliphatic carbocycles. The third-order valence-corrected chi connectivity index (χ3v) is 4.63. The maximum atomic E-state index is 13.1. The van der Waals surface area contributed by atoms with Gasteiger partial charge in [0.15, 0.2) is 9.84 Å². The number of hydrogen-bond acceptors (Lipinski definition) is 4. The fraction of sp³-hybridized carbons (Fsp3) is 0.364. The molecule has 1 aromatic rings. The van der Waals surface area contributed by atoms with Crippen LogP contribution in [0, 0.1) is 17.1 Å². The first-order chi connectivity index (χ1) is 7.80. The minimum Gasteiger partial charge on any atom is -0.312 e. The summed E-state index contributed by atoms with van der Waals surface area (Å²) in [4.78, 5) is 0. The fourth-order valence-corrected chi connectivity index (χ4v) is 3.97. The molecule has 3 atom stereocenters. The standard InChI is InChI=1S/C11H11FN2O2S/c1-17(15,16)10-9(11(10,14)6-13)7-3-2-4-8(12)5-7/h2-5,9-10H,14H2,1H3/t9-,10-,11+/m1/s1. The monoisotopic (exact) mass is 254 g/mol. The molecule has 0 aromatic heterocycles. The van der Waals surface area contributed by atoms with Gasteiger partial charge in [-0.15, -0.1) is 0 Å². The summed E-state index contributed by atoms with van der Waals surface area (Å²) in [5.41, 5.74) is 4.75. The van der Waals surface area contributed by atoms with Crippen molar-refractivity contribution in [1.29, 1.82) is 5.26 Å². The summed E-state index contributed by atoms with van der Waals surface area (Å²) < 4.78 is 36.1. The van der Waals surface area contributed by atoms with Crippen LogP contribution in [-0.4, -0.2) is 25.5 Å². The van der Waals surface area contributed by atoms with Gasteiger partial charge in [-0.1, -0.05) is 12.1 Å². The van der Waals surface area contributed by atoms with Gasteiger partial charge in [-0.05, 0) is 17.7 Å². The van der Waals surface area contributed by atoms with Crippen LogP contribution in [0.2, 0.25) is 0 Å². The quantitative estimate of drug-likeness (QED) is 0.835. The van der Waals surface area contributed by atoms with Crippen molar-refractivity contribution >= 4 is 9.84 Å². The van der Waals surface area contributed by atoms with Crippen molar-refractivity contribution < 1.29 is 12.8 Å². The molecule has 0 aliphatic heterocycles. The van der Waals surface area contributed by atoms with E-state index in [0.717, 1.165) is 6.26 Å². The molecule has 0 heterocycles. The van der Waals surface area contributed by atoms with Crippen molar-refractivity contribution in [2.75, 3.05) is 6.26 Å². The zero-order valence-electron chi connectivity index (χ0n) is 9.09. The third-order valence-electron chi connectivity index (χ3n) is 3.04. The SMILES string of the molecule is CS(=O)(=O)[C@@H]1[C@@H](c2cccc(F)c2)[C@@]1(N)C#N. The van der Waals surface area contributed by atoms with Gasteiger partial charge in [0.05, 0.1) is 6.07 Å². The predicted molar refractivity (Wildman–Crippen MR) is 60.3 cm³/mol. The average Bonchev–Trinajstić information content (AvgIpc) is 2.86. The van der Waals surface area contributed by atoms with Gasteiger partial charge in [-0.3, -0.25) is 0 Å². The van der Waals surface area contributed by atoms with Gasteiger partial charge >= 0.3 is 0 Å². The highest BCUT2D eigenvalue weighted by molar-refractivity contribution is 7.91. The summed E-state index contributed by atoms with van der Waals surface area (Å²) in [5, 5.41) is 8.01. The minimum atomic E-state index is -3.43. The van der Waals surface area contributed by atoms with E-state index in [2.05, 4.69) is 0 Å². The second kappa shape index (κ2) is 3.52. The van der Waals surface area contributed by atoms with Crippen LogP contribution in [0.4, 0.5) is 4.39 Å². The lowest BCUT2D eigenvalue weighted by Crippen LogP contribution is -2.28. The Hall–Kier alpha value is -1.45. The summed E-state index contributed by atoms with van der Waals surface area (Å²) in [5.74, 6) is -1.12. The third kappa shape index (κ3) is 1.81. The van der Waals surface area contributed by atoms with Crippen molar-refractivity contribution in [3.8, 4) is 6.07 Å². The molecule has 0 spiro atoms. The largest absolute Gasteiger partial charge is 0.312 e. The molecule has 4 nitrogen and oxygen atoms in total. The van der Waals surface area contributed by atoms with Gasteiger partial charge in [-0.25, -0.2) is 12.8 Å². The summed E-state index contributed by atoms with van der Waals surface area (Å²) >= 11 is 0. The van der Waals surface area contributed by atoms with E-state index in [1.807, 2.05) is 6.07 Å². The summed E-state index contributed by atoms with van der Waals surface area (Å²) in [6, 6.07) is 7.34. The molecular weight excluding hydrogens is 243 g/mol. The predicted octanol–water partition coefficient (Wildman–Crippen LogP) is 0.557. The highest BCUT2D eigenvalue weighted by atomic mass is 32.2. The molecule has 1 aliphatic rings. The first-order valence-corrected chi connectivity index (χ1v) is 6.90. The molecule has 0 saturated heterocycles. The Labute approximate surface area is 98.8 Å². The summed E-state index contributed by atoms with van der Waals surface area (Å²) in [6.45, 7) is 0. The summed E-state index contributed by atoms with van der Waals surface area (Å²) in [6.07, 6.45) is 1.04. The van der Waals surface area contributed by atoms with E-state index < -0.39 is 32.4 Å². The molecule has 2 rings (SSSR count). The Kier molecular flexibility index (Phi) is 2.49. The van der Waals surface area contributed by atoms with Crippen molar-refractivity contribution in [2.24, 2.45) is 5.73 Å². The molecule has 1 saturated carbocycles. The molecule has 0 amide bonds. The molecule has 90 valence electrons. The lowest BCUT2D eigenvalue weighted by molar-refractivity contribution is 0.597. The second-order valence-electron chi connectivity index (χ2n) is 4.33. The van der Waals surface area contributed by atoms with Gasteiger partial charge in [0.25, 0.3) is 0 Å². The van der Waals surface area contributed by atoms with Crippen LogP contribution in [0.5, 0.6) is 0 Å². The number of rotatable bonds is 2. The minimum absolute atomic E-state index is 0.449. The van der Waals surface area contributed by atoms with Crippen LogP contribution in [0.15, 0.2) is 24.3 Å². The van der Waals surface area contributed by atoms with E-state index in [1.54, 1.807) is 6.07 Å². The molecule has 1 fully saturated rings. The molecule has 17 heavy (non-hydrogen) atoms. The first kappa shape index (κ1) is 12.0. The Morgan fingerprint density at radius 2 is 2.18 bits per heavy atom. The van der Waals surface area contributed by atoms with Gasteiger partial charge in [0.2, 0.25) is 0 Å². The van der Waals surface area contributed by atoms with E-state index in [1.165, 1.54) is 18.2 Å². The smallest absolute Gasteiger partial charge is 0.153 e. The van der Waals surface area contributed by atoms with Crippen LogP contribution in [-0.2, 0) is 9.84 Å². The van der Waals surface area contributed by atoms with Gasteiger partial charge in [-0.2, -0.15) is 5.26 Å². The zero-order valence-corrected chi connectivity index (χ0v) is 9.91. The molecular formula is C11H11FN2O2S. The highest BCUT2D eigenvalue weighted by Gasteiger charge is 2.69. The maximum Gasteiger partial charge on any atom is 0.153 e. The van der Waals surface area contributed by atoms with Gasteiger partial charge in [0, 0.05) is 12.2 Å². The number of nitrogens with zero attached hydrogens (tertiary/aromatic N) is 1. The van der Waals surface area contributed by atoms with E-state index in [9.17, 15) is 12.8 Å². The van der Waals surface area contributed by atoms with Crippen LogP contribution < -0.4 is 5.73 Å². The van der Waals surface area contributed by atoms with E-state index in [-0.39, 0.29) is 0 Å². The van der Waals surface area contributed by atoms with Crippen molar-refractivity contribution in [1.82, 2.24) is 0 Å². The average molecular weight is 254 g/mol. The highest BCUT2D eigenvalue weighted by Crippen LogP contribution is 2.53. The molecule has 1 aromatic carbocycles. The van der Waals surface area contributed by atoms with Crippen molar-refractivity contribution in [3.63, 3.8) is 0 Å². The van der Waals surface area contributed by atoms with Gasteiger partial charge in [0.1, 0.15) is 16.6 Å². The Bertz CT molecular complexity index is 608. The lowest BCUT2D eigenvalue weighted by atomic mass is 10.1. The molecule has 0 unspecified atom stereocenters. The van der Waals surface area contributed by atoms with Crippen LogP contribution in [0.25, 0.3) is 0 Å². The Morgan fingerprint density at radius 3 is 2.59 bits per heavy atom. The van der Waals surface area contributed by atoms with Crippen LogP contribution in [0.3, 0.4) is 0 Å². The molecule has 2 N–H and O–H groups in total. The molecule has 6 heteroatoms. The van der Waals surface area contributed by atoms with Crippen molar-refractivity contribution in [3.05, 3.63) is 35.6 Å². The Morgan fingerprint density at radius 1 is 1.53 bits per heavy atom. The normalized spacial score (nSPS) is 31.9. The number of nitriles is 1. The topological polar surface area (TPSA) is 83.9 Å². The molecule has 0 bridgehead atoms. The number of halogens is 1. The lowest BCUT2D eigenvalue weighted by Gasteiger charge is -2.00. The number of benzene rings is 1. The van der Waals surface area contributed by atoms with Gasteiger partial charge < -0.3 is 5.73 Å². The Balaban J connectivity index is 2.46. The van der Waals surface area contributed by atoms with Crippen LogP contribution >= 0.6 is 0 Å². The zero-order chi connectivity index (χ0) is 12.8. The second-order valence-corrected chi connectivity index (χ2v) is 6.49. The summed E-state index contributed by atoms with van der Waals surface area (Å²) in [7, 11) is -3.43.